The van der Waals surface area contributed by atoms with Crippen molar-refractivity contribution in [3.63, 3.8) is 0 Å². The van der Waals surface area contributed by atoms with Gasteiger partial charge in [-0.1, -0.05) is 30.4 Å². The minimum atomic E-state index is 0.0210. The van der Waals surface area contributed by atoms with Crippen molar-refractivity contribution < 1.29 is 4.79 Å². The summed E-state index contributed by atoms with van der Waals surface area (Å²) in [6.45, 7) is 2.37. The maximum Gasteiger partial charge on any atom is 0.223 e. The molecule has 0 aliphatic heterocycles. The van der Waals surface area contributed by atoms with Crippen LogP contribution in [0.3, 0.4) is 0 Å². The van der Waals surface area contributed by atoms with Crippen molar-refractivity contribution in [2.45, 2.75) is 32.2 Å². The Morgan fingerprint density at radius 2 is 2.32 bits per heavy atom. The number of amides is 1. The van der Waals surface area contributed by atoms with E-state index in [1.165, 1.54) is 6.42 Å². The van der Waals surface area contributed by atoms with E-state index < -0.39 is 0 Å². The molecule has 1 aromatic carbocycles. The molecule has 0 saturated heterocycles. The van der Waals surface area contributed by atoms with Crippen molar-refractivity contribution >= 4 is 5.91 Å². The normalized spacial score (nSPS) is 15.9. The molecule has 0 bridgehead atoms. The van der Waals surface area contributed by atoms with Crippen LogP contribution >= 0.6 is 0 Å². The molecule has 1 aromatic rings. The van der Waals surface area contributed by atoms with Crippen LogP contribution in [-0.2, 0) is 4.79 Å². The Hall–Kier alpha value is -1.79. The summed E-state index contributed by atoms with van der Waals surface area (Å²) in [4.78, 5) is 11.9. The fraction of sp³-hybridized carbons (Fsp3) is 0.438. The first-order valence-electron chi connectivity index (χ1n) is 6.80. The van der Waals surface area contributed by atoms with E-state index in [-0.39, 0.29) is 17.9 Å². The molecule has 0 aromatic heterocycles. The number of hydrogen-bond donors (Lipinski definition) is 2. The predicted molar refractivity (Wildman–Crippen MR) is 76.3 cm³/mol. The van der Waals surface area contributed by atoms with Gasteiger partial charge in [0.25, 0.3) is 0 Å². The van der Waals surface area contributed by atoms with Gasteiger partial charge >= 0.3 is 0 Å². The fourth-order valence-electron chi connectivity index (χ4n) is 2.12. The third-order valence-electron chi connectivity index (χ3n) is 3.56. The molecule has 0 spiro atoms. The van der Waals surface area contributed by atoms with Gasteiger partial charge in [-0.2, -0.15) is 0 Å². The van der Waals surface area contributed by atoms with Gasteiger partial charge in [-0.05, 0) is 37.5 Å². The van der Waals surface area contributed by atoms with Crippen LogP contribution in [0.1, 0.15) is 43.4 Å². The van der Waals surface area contributed by atoms with Gasteiger partial charge in [0.15, 0.2) is 0 Å². The molecule has 100 valence electrons. The summed E-state index contributed by atoms with van der Waals surface area (Å²) < 4.78 is 0. The molecular formula is C16H20N2O. The minimum absolute atomic E-state index is 0.0210. The van der Waals surface area contributed by atoms with Gasteiger partial charge in [0.05, 0.1) is 12.6 Å². The van der Waals surface area contributed by atoms with Gasteiger partial charge in [-0.15, -0.1) is 0 Å². The summed E-state index contributed by atoms with van der Waals surface area (Å²) in [5.41, 5.74) is 7.38. The molecule has 2 rings (SSSR count). The fourth-order valence-corrected chi connectivity index (χ4v) is 2.12. The van der Waals surface area contributed by atoms with E-state index in [1.54, 1.807) is 0 Å². The van der Waals surface area contributed by atoms with E-state index in [0.717, 1.165) is 24.0 Å². The van der Waals surface area contributed by atoms with Crippen LogP contribution in [0.5, 0.6) is 0 Å². The van der Waals surface area contributed by atoms with Gasteiger partial charge < -0.3 is 11.1 Å². The van der Waals surface area contributed by atoms with E-state index in [4.69, 9.17) is 5.73 Å². The summed E-state index contributed by atoms with van der Waals surface area (Å²) in [5.74, 6) is 6.25. The Bertz CT molecular complexity index is 509. The molecule has 1 unspecified atom stereocenters. The average Bonchev–Trinajstić information content (AvgIpc) is 2.34. The van der Waals surface area contributed by atoms with Gasteiger partial charge in [0.1, 0.15) is 0 Å². The van der Waals surface area contributed by atoms with E-state index in [1.807, 2.05) is 31.2 Å². The van der Waals surface area contributed by atoms with Gasteiger partial charge in [-0.25, -0.2) is 0 Å². The second-order valence-electron chi connectivity index (χ2n) is 4.99. The Morgan fingerprint density at radius 1 is 1.53 bits per heavy atom. The standard InChI is InChI=1S/C16H20N2O/c1-12(18-16(19)14-7-3-8-14)15-9-2-5-13(11-15)6-4-10-17/h2,5,9,11-12,14H,3,7-8,10,17H2,1H3,(H,18,19). The van der Waals surface area contributed by atoms with Crippen LogP contribution < -0.4 is 11.1 Å². The first kappa shape index (κ1) is 13.6. The molecular weight excluding hydrogens is 236 g/mol. The molecule has 19 heavy (non-hydrogen) atoms. The second-order valence-corrected chi connectivity index (χ2v) is 4.99. The molecule has 0 heterocycles. The van der Waals surface area contributed by atoms with Crippen LogP contribution in [0.2, 0.25) is 0 Å². The van der Waals surface area contributed by atoms with Crippen LogP contribution in [0.4, 0.5) is 0 Å². The van der Waals surface area contributed by atoms with E-state index in [0.29, 0.717) is 6.54 Å². The number of rotatable bonds is 3. The highest BCUT2D eigenvalue weighted by Gasteiger charge is 2.26. The van der Waals surface area contributed by atoms with Crippen LogP contribution in [0.15, 0.2) is 24.3 Å². The lowest BCUT2D eigenvalue weighted by molar-refractivity contribution is -0.128. The third-order valence-corrected chi connectivity index (χ3v) is 3.56. The third kappa shape index (κ3) is 3.59. The maximum absolute atomic E-state index is 11.9. The maximum atomic E-state index is 11.9. The number of nitrogens with two attached hydrogens (primary N) is 1. The lowest BCUT2D eigenvalue weighted by Crippen LogP contribution is -2.35. The van der Waals surface area contributed by atoms with Crippen LogP contribution in [-0.4, -0.2) is 12.5 Å². The van der Waals surface area contributed by atoms with Crippen molar-refractivity contribution in [1.29, 1.82) is 0 Å². The highest BCUT2D eigenvalue weighted by molar-refractivity contribution is 5.79. The van der Waals surface area contributed by atoms with Crippen molar-refractivity contribution in [1.82, 2.24) is 5.32 Å². The predicted octanol–water partition coefficient (Wildman–Crippen LogP) is 1.97. The zero-order valence-electron chi connectivity index (χ0n) is 11.3. The van der Waals surface area contributed by atoms with E-state index in [2.05, 4.69) is 17.2 Å². The number of benzene rings is 1. The molecule has 3 heteroatoms. The number of carbonyl (C=O) groups is 1. The second kappa shape index (κ2) is 6.40. The Morgan fingerprint density at radius 3 is 2.95 bits per heavy atom. The molecule has 0 radical (unpaired) electrons. The Balaban J connectivity index is 2.01. The summed E-state index contributed by atoms with van der Waals surface area (Å²) in [6, 6.07) is 7.95. The number of hydrogen-bond acceptors (Lipinski definition) is 2. The van der Waals surface area contributed by atoms with E-state index >= 15 is 0 Å². The zero-order chi connectivity index (χ0) is 13.7. The topological polar surface area (TPSA) is 55.1 Å². The van der Waals surface area contributed by atoms with Gasteiger partial charge in [0, 0.05) is 11.5 Å². The number of carbonyl (C=O) groups excluding carboxylic acids is 1. The lowest BCUT2D eigenvalue weighted by atomic mass is 9.84. The van der Waals surface area contributed by atoms with Gasteiger partial charge in [0.2, 0.25) is 5.91 Å². The van der Waals surface area contributed by atoms with Crippen molar-refractivity contribution in [2.24, 2.45) is 11.7 Å². The summed E-state index contributed by atoms with van der Waals surface area (Å²) >= 11 is 0. The molecule has 3 N–H and O–H groups in total. The average molecular weight is 256 g/mol. The first-order valence-corrected chi connectivity index (χ1v) is 6.80. The Kier molecular flexibility index (Phi) is 4.59. The van der Waals surface area contributed by atoms with Crippen molar-refractivity contribution in [2.75, 3.05) is 6.54 Å². The molecule has 1 atom stereocenters. The molecule has 3 nitrogen and oxygen atoms in total. The monoisotopic (exact) mass is 256 g/mol. The highest BCUT2D eigenvalue weighted by Crippen LogP contribution is 2.27. The number of nitrogens with one attached hydrogen (secondary N) is 1. The summed E-state index contributed by atoms with van der Waals surface area (Å²) in [6.07, 6.45) is 3.23. The molecule has 1 aliphatic rings. The Labute approximate surface area is 114 Å². The SMILES string of the molecule is CC(NC(=O)C1CCC1)c1cccc(C#CCN)c1. The quantitative estimate of drug-likeness (QED) is 0.812. The highest BCUT2D eigenvalue weighted by atomic mass is 16.1. The van der Waals surface area contributed by atoms with Crippen LogP contribution in [0.25, 0.3) is 0 Å². The van der Waals surface area contributed by atoms with Crippen LogP contribution in [0, 0.1) is 17.8 Å². The largest absolute Gasteiger partial charge is 0.349 e. The summed E-state index contributed by atoms with van der Waals surface area (Å²) in [7, 11) is 0. The molecule has 1 fully saturated rings. The van der Waals surface area contributed by atoms with Gasteiger partial charge in [-0.3, -0.25) is 4.79 Å². The van der Waals surface area contributed by atoms with Crippen molar-refractivity contribution in [3.05, 3.63) is 35.4 Å². The minimum Gasteiger partial charge on any atom is -0.349 e. The zero-order valence-corrected chi connectivity index (χ0v) is 11.3. The lowest BCUT2D eigenvalue weighted by Gasteiger charge is -2.26. The smallest absolute Gasteiger partial charge is 0.223 e. The first-order chi connectivity index (χ1) is 9.20. The molecule has 1 amide bonds. The molecule has 1 saturated carbocycles. The molecule has 1 aliphatic carbocycles. The van der Waals surface area contributed by atoms with E-state index in [9.17, 15) is 4.79 Å². The van der Waals surface area contributed by atoms with Crippen molar-refractivity contribution in [3.8, 4) is 11.8 Å². The summed E-state index contributed by atoms with van der Waals surface area (Å²) in [5, 5.41) is 3.07.